The van der Waals surface area contributed by atoms with Gasteiger partial charge in [0.2, 0.25) is 5.91 Å². The maximum absolute atomic E-state index is 13.1. The molecule has 4 rings (SSSR count). The van der Waals surface area contributed by atoms with Crippen LogP contribution in [0.25, 0.3) is 22.6 Å². The van der Waals surface area contributed by atoms with Gasteiger partial charge < -0.3 is 9.47 Å². The number of fused-ring (bicyclic) bond motifs is 1. The number of halogens is 1. The number of carbonyl (C=O) groups excluding carboxylic acids is 1. The summed E-state index contributed by atoms with van der Waals surface area (Å²) in [5.74, 6) is 0.0370. The molecule has 4 aromatic rings. The Morgan fingerprint density at radius 2 is 1.81 bits per heavy atom. The molecule has 0 aliphatic carbocycles. The van der Waals surface area contributed by atoms with E-state index in [-0.39, 0.29) is 18.3 Å². The third-order valence-electron chi connectivity index (χ3n) is 4.28. The van der Waals surface area contributed by atoms with Crippen LogP contribution in [0.2, 0.25) is 0 Å². The molecule has 2 aromatic heterocycles. The number of hydrogen-bond acceptors (Lipinski definition) is 4. The number of anilines is 1. The molecule has 0 atom stereocenters. The van der Waals surface area contributed by atoms with Crippen LogP contribution in [0.3, 0.4) is 0 Å². The van der Waals surface area contributed by atoms with E-state index in [0.29, 0.717) is 22.6 Å². The molecule has 2 heterocycles. The zero-order valence-electron chi connectivity index (χ0n) is 14.6. The van der Waals surface area contributed by atoms with Crippen molar-refractivity contribution in [2.24, 2.45) is 0 Å². The van der Waals surface area contributed by atoms with Crippen molar-refractivity contribution < 1.29 is 9.18 Å². The minimum Gasteiger partial charge on any atom is -0.314 e. The van der Waals surface area contributed by atoms with E-state index < -0.39 is 0 Å². The van der Waals surface area contributed by atoms with Gasteiger partial charge in [-0.15, -0.1) is 0 Å². The molecule has 0 aliphatic heterocycles. The summed E-state index contributed by atoms with van der Waals surface area (Å²) in [5, 5.41) is 0. The van der Waals surface area contributed by atoms with Gasteiger partial charge in [-0.25, -0.2) is 19.3 Å². The molecule has 6 nitrogen and oxygen atoms in total. The van der Waals surface area contributed by atoms with Crippen molar-refractivity contribution in [1.29, 1.82) is 0 Å². The molecule has 0 unspecified atom stereocenters. The number of aromatic nitrogens is 4. The van der Waals surface area contributed by atoms with Gasteiger partial charge >= 0.3 is 0 Å². The summed E-state index contributed by atoms with van der Waals surface area (Å²) in [4.78, 5) is 27.3. The van der Waals surface area contributed by atoms with Crippen molar-refractivity contribution in [3.8, 4) is 11.4 Å². The first-order chi connectivity index (χ1) is 13.1. The zero-order valence-corrected chi connectivity index (χ0v) is 14.6. The van der Waals surface area contributed by atoms with Gasteiger partial charge in [0, 0.05) is 18.3 Å². The van der Waals surface area contributed by atoms with E-state index in [4.69, 9.17) is 0 Å². The lowest BCUT2D eigenvalue weighted by Gasteiger charge is -2.17. The van der Waals surface area contributed by atoms with Gasteiger partial charge in [-0.1, -0.05) is 18.2 Å². The monoisotopic (exact) mass is 361 g/mol. The standard InChI is InChI=1S/C20H16FN5O/c1-25(16-5-3-2-4-6-16)18(27)12-26-13-23-17-11-22-19(24-20(17)26)14-7-9-15(21)10-8-14/h2-11,13H,12H2,1H3. The molecule has 0 saturated carbocycles. The van der Waals surface area contributed by atoms with Crippen LogP contribution in [0.5, 0.6) is 0 Å². The third-order valence-corrected chi connectivity index (χ3v) is 4.28. The van der Waals surface area contributed by atoms with Gasteiger partial charge in [-0.3, -0.25) is 4.79 Å². The second-order valence-corrected chi connectivity index (χ2v) is 6.07. The molecule has 0 radical (unpaired) electrons. The van der Waals surface area contributed by atoms with Crippen molar-refractivity contribution in [3.63, 3.8) is 0 Å². The van der Waals surface area contributed by atoms with E-state index in [9.17, 15) is 9.18 Å². The predicted molar refractivity (Wildman–Crippen MR) is 101 cm³/mol. The Labute approximate surface area is 154 Å². The first-order valence-corrected chi connectivity index (χ1v) is 8.37. The summed E-state index contributed by atoms with van der Waals surface area (Å²) in [5.41, 5.74) is 2.66. The number of rotatable bonds is 4. The van der Waals surface area contributed by atoms with Crippen LogP contribution in [0.1, 0.15) is 0 Å². The minimum absolute atomic E-state index is 0.0950. The van der Waals surface area contributed by atoms with E-state index in [1.54, 1.807) is 41.2 Å². The number of hydrogen-bond donors (Lipinski definition) is 0. The molecular formula is C20H16FN5O. The summed E-state index contributed by atoms with van der Waals surface area (Å²) in [6.07, 6.45) is 3.17. The number of carbonyl (C=O) groups is 1. The third kappa shape index (κ3) is 3.39. The van der Waals surface area contributed by atoms with Crippen LogP contribution in [-0.4, -0.2) is 32.5 Å². The highest BCUT2D eigenvalue weighted by Gasteiger charge is 2.15. The minimum atomic E-state index is -0.320. The second kappa shape index (κ2) is 6.95. The van der Waals surface area contributed by atoms with Crippen molar-refractivity contribution in [2.75, 3.05) is 11.9 Å². The fourth-order valence-corrected chi connectivity index (χ4v) is 2.76. The first-order valence-electron chi connectivity index (χ1n) is 8.37. The van der Waals surface area contributed by atoms with Crippen LogP contribution in [0.15, 0.2) is 67.1 Å². The predicted octanol–water partition coefficient (Wildman–Crippen LogP) is 3.30. The smallest absolute Gasteiger partial charge is 0.246 e. The highest BCUT2D eigenvalue weighted by Crippen LogP contribution is 2.19. The van der Waals surface area contributed by atoms with E-state index in [2.05, 4.69) is 15.0 Å². The number of imidazole rings is 1. The van der Waals surface area contributed by atoms with Crippen LogP contribution < -0.4 is 4.90 Å². The fraction of sp³-hybridized carbons (Fsp3) is 0.100. The number of likely N-dealkylation sites (N-methyl/N-ethyl adjacent to an activating group) is 1. The van der Waals surface area contributed by atoms with Crippen molar-refractivity contribution in [1.82, 2.24) is 19.5 Å². The molecular weight excluding hydrogens is 345 g/mol. The molecule has 7 heteroatoms. The number of benzene rings is 2. The SMILES string of the molecule is CN(C(=O)Cn1cnc2cnc(-c3ccc(F)cc3)nc21)c1ccccc1. The van der Waals surface area contributed by atoms with Gasteiger partial charge in [-0.05, 0) is 36.4 Å². The van der Waals surface area contributed by atoms with Crippen molar-refractivity contribution >= 4 is 22.8 Å². The van der Waals surface area contributed by atoms with Gasteiger partial charge in [0.1, 0.15) is 17.9 Å². The lowest BCUT2D eigenvalue weighted by atomic mass is 10.2. The summed E-state index contributed by atoms with van der Waals surface area (Å²) in [7, 11) is 1.73. The Morgan fingerprint density at radius 3 is 2.56 bits per heavy atom. The quantitative estimate of drug-likeness (QED) is 0.559. The van der Waals surface area contributed by atoms with Gasteiger partial charge in [-0.2, -0.15) is 0 Å². The van der Waals surface area contributed by atoms with Gasteiger partial charge in [0.15, 0.2) is 11.5 Å². The normalized spacial score (nSPS) is 10.9. The van der Waals surface area contributed by atoms with E-state index in [1.807, 2.05) is 30.3 Å². The number of nitrogens with zero attached hydrogens (tertiary/aromatic N) is 5. The highest BCUT2D eigenvalue weighted by molar-refractivity contribution is 5.93. The average molecular weight is 361 g/mol. The lowest BCUT2D eigenvalue weighted by Crippen LogP contribution is -2.29. The Bertz CT molecular complexity index is 1090. The van der Waals surface area contributed by atoms with Crippen molar-refractivity contribution in [2.45, 2.75) is 6.54 Å². The largest absolute Gasteiger partial charge is 0.314 e. The Balaban J connectivity index is 1.63. The van der Waals surface area contributed by atoms with E-state index >= 15 is 0 Å². The summed E-state index contributed by atoms with van der Waals surface area (Å²) in [6, 6.07) is 15.4. The zero-order chi connectivity index (χ0) is 18.8. The molecule has 1 amide bonds. The molecule has 2 aromatic carbocycles. The van der Waals surface area contributed by atoms with Gasteiger partial charge in [0.05, 0.1) is 12.5 Å². The molecule has 0 N–H and O–H groups in total. The molecule has 0 saturated heterocycles. The summed E-state index contributed by atoms with van der Waals surface area (Å²) in [6.45, 7) is 0.0990. The lowest BCUT2D eigenvalue weighted by molar-refractivity contribution is -0.118. The molecule has 0 bridgehead atoms. The molecule has 134 valence electrons. The van der Waals surface area contributed by atoms with Crippen LogP contribution in [0, 0.1) is 5.82 Å². The topological polar surface area (TPSA) is 63.9 Å². The van der Waals surface area contributed by atoms with E-state index in [1.165, 1.54) is 12.1 Å². The van der Waals surface area contributed by atoms with Crippen molar-refractivity contribution in [3.05, 3.63) is 72.9 Å². The van der Waals surface area contributed by atoms with Crippen LogP contribution >= 0.6 is 0 Å². The van der Waals surface area contributed by atoms with Crippen LogP contribution in [0.4, 0.5) is 10.1 Å². The second-order valence-electron chi connectivity index (χ2n) is 6.07. The Kier molecular flexibility index (Phi) is 4.33. The van der Waals surface area contributed by atoms with Crippen LogP contribution in [-0.2, 0) is 11.3 Å². The molecule has 0 aliphatic rings. The molecule has 0 spiro atoms. The fourth-order valence-electron chi connectivity index (χ4n) is 2.76. The average Bonchev–Trinajstić information content (AvgIpc) is 3.10. The maximum Gasteiger partial charge on any atom is 0.246 e. The van der Waals surface area contributed by atoms with E-state index in [0.717, 1.165) is 5.69 Å². The molecule has 0 fully saturated rings. The summed E-state index contributed by atoms with van der Waals surface area (Å²) < 4.78 is 14.8. The Hall–Kier alpha value is -3.61. The maximum atomic E-state index is 13.1. The first kappa shape index (κ1) is 16.8. The highest BCUT2D eigenvalue weighted by atomic mass is 19.1. The molecule has 27 heavy (non-hydrogen) atoms. The summed E-state index contributed by atoms with van der Waals surface area (Å²) >= 11 is 0. The number of amides is 1. The number of para-hydroxylation sites is 1. The Morgan fingerprint density at radius 1 is 1.07 bits per heavy atom. The van der Waals surface area contributed by atoms with Gasteiger partial charge in [0.25, 0.3) is 0 Å².